The Kier molecular flexibility index (Phi) is 6.77. The molecular formula is C21H23N3O4S. The number of ether oxygens (including phenoxy) is 2. The molecule has 2 N–H and O–H groups in total. The SMILES string of the molecule is COc1ccc(CCN2C(=O)CC(C(N)=O)SC2=Nc2ccc(OC)cc2)cc1. The highest BCUT2D eigenvalue weighted by Gasteiger charge is 2.34. The lowest BCUT2D eigenvalue weighted by atomic mass is 10.1. The molecule has 29 heavy (non-hydrogen) atoms. The van der Waals surface area contributed by atoms with E-state index in [-0.39, 0.29) is 12.3 Å². The lowest BCUT2D eigenvalue weighted by Gasteiger charge is -2.31. The molecule has 1 saturated heterocycles. The van der Waals surface area contributed by atoms with Crippen LogP contribution in [0.5, 0.6) is 11.5 Å². The molecule has 0 aromatic heterocycles. The molecule has 0 bridgehead atoms. The maximum atomic E-state index is 12.7. The zero-order valence-electron chi connectivity index (χ0n) is 16.3. The number of rotatable bonds is 7. The van der Waals surface area contributed by atoms with E-state index in [0.29, 0.717) is 29.6 Å². The summed E-state index contributed by atoms with van der Waals surface area (Å²) < 4.78 is 10.3. The molecule has 1 fully saturated rings. The van der Waals surface area contributed by atoms with Crippen LogP contribution in [-0.2, 0) is 16.0 Å². The summed E-state index contributed by atoms with van der Waals surface area (Å²) in [6, 6.07) is 14.9. The van der Waals surface area contributed by atoms with Gasteiger partial charge < -0.3 is 15.2 Å². The lowest BCUT2D eigenvalue weighted by molar-refractivity contribution is -0.129. The molecule has 7 nitrogen and oxygen atoms in total. The van der Waals surface area contributed by atoms with E-state index in [1.165, 1.54) is 11.8 Å². The van der Waals surface area contributed by atoms with E-state index in [1.54, 1.807) is 43.4 Å². The number of primary amides is 1. The molecule has 2 amide bonds. The Labute approximate surface area is 173 Å². The minimum Gasteiger partial charge on any atom is -0.497 e. The molecular weight excluding hydrogens is 390 g/mol. The van der Waals surface area contributed by atoms with Gasteiger partial charge in [-0.3, -0.25) is 14.5 Å². The molecule has 8 heteroatoms. The second-order valence-corrected chi connectivity index (χ2v) is 7.62. The lowest BCUT2D eigenvalue weighted by Crippen LogP contribution is -2.46. The second-order valence-electron chi connectivity index (χ2n) is 6.45. The Hall–Kier alpha value is -3.00. The first-order chi connectivity index (χ1) is 14.0. The molecule has 1 heterocycles. The summed E-state index contributed by atoms with van der Waals surface area (Å²) in [6.45, 7) is 0.457. The van der Waals surface area contributed by atoms with Crippen LogP contribution in [0, 0.1) is 0 Å². The fraction of sp³-hybridized carbons (Fsp3) is 0.286. The van der Waals surface area contributed by atoms with Crippen LogP contribution < -0.4 is 15.2 Å². The van der Waals surface area contributed by atoms with Gasteiger partial charge in [-0.25, -0.2) is 4.99 Å². The molecule has 152 valence electrons. The number of hydrogen-bond donors (Lipinski definition) is 1. The molecule has 0 radical (unpaired) electrons. The Morgan fingerprint density at radius 2 is 1.69 bits per heavy atom. The number of hydrogen-bond acceptors (Lipinski definition) is 6. The first-order valence-corrected chi connectivity index (χ1v) is 10.00. The summed E-state index contributed by atoms with van der Waals surface area (Å²) in [4.78, 5) is 30.6. The zero-order chi connectivity index (χ0) is 20.8. The van der Waals surface area contributed by atoms with E-state index in [0.717, 1.165) is 11.3 Å². The van der Waals surface area contributed by atoms with Gasteiger partial charge in [0.25, 0.3) is 0 Å². The smallest absolute Gasteiger partial charge is 0.231 e. The van der Waals surface area contributed by atoms with Gasteiger partial charge in [-0.2, -0.15) is 0 Å². The number of nitrogens with zero attached hydrogens (tertiary/aromatic N) is 2. The summed E-state index contributed by atoms with van der Waals surface area (Å²) in [7, 11) is 3.21. The van der Waals surface area contributed by atoms with Gasteiger partial charge in [-0.05, 0) is 48.4 Å². The largest absolute Gasteiger partial charge is 0.497 e. The van der Waals surface area contributed by atoms with Gasteiger partial charge in [0.15, 0.2) is 5.17 Å². The second kappa shape index (κ2) is 9.47. The summed E-state index contributed by atoms with van der Waals surface area (Å²) in [6.07, 6.45) is 0.726. The maximum Gasteiger partial charge on any atom is 0.231 e. The molecule has 2 aromatic carbocycles. The average molecular weight is 413 g/mol. The highest BCUT2D eigenvalue weighted by molar-refractivity contribution is 8.15. The predicted octanol–water partition coefficient (Wildman–Crippen LogP) is 2.75. The Bertz CT molecular complexity index is 897. The number of amides is 2. The van der Waals surface area contributed by atoms with Crippen molar-refractivity contribution >= 4 is 34.4 Å². The van der Waals surface area contributed by atoms with Gasteiger partial charge >= 0.3 is 0 Å². The quantitative estimate of drug-likeness (QED) is 0.753. The summed E-state index contributed by atoms with van der Waals surface area (Å²) in [5.74, 6) is 0.825. The normalized spacial score (nSPS) is 18.0. The Morgan fingerprint density at radius 3 is 2.24 bits per heavy atom. The van der Waals surface area contributed by atoms with Crippen LogP contribution in [-0.4, -0.2) is 47.9 Å². The number of amidine groups is 1. The molecule has 0 saturated carbocycles. The third-order valence-corrected chi connectivity index (χ3v) is 5.74. The molecule has 1 atom stereocenters. The molecule has 1 aliphatic heterocycles. The van der Waals surface area contributed by atoms with Crippen molar-refractivity contribution in [1.82, 2.24) is 4.90 Å². The van der Waals surface area contributed by atoms with E-state index < -0.39 is 11.2 Å². The summed E-state index contributed by atoms with van der Waals surface area (Å²) in [5.41, 5.74) is 7.19. The topological polar surface area (TPSA) is 94.2 Å². The van der Waals surface area contributed by atoms with Crippen LogP contribution >= 0.6 is 11.8 Å². The van der Waals surface area contributed by atoms with Crippen molar-refractivity contribution in [2.45, 2.75) is 18.1 Å². The molecule has 2 aromatic rings. The van der Waals surface area contributed by atoms with Gasteiger partial charge in [-0.15, -0.1) is 0 Å². The van der Waals surface area contributed by atoms with E-state index in [9.17, 15) is 9.59 Å². The van der Waals surface area contributed by atoms with Gasteiger partial charge in [0, 0.05) is 13.0 Å². The molecule has 3 rings (SSSR count). The van der Waals surface area contributed by atoms with Gasteiger partial charge in [0.2, 0.25) is 11.8 Å². The van der Waals surface area contributed by atoms with Crippen LogP contribution in [0.1, 0.15) is 12.0 Å². The third-order valence-electron chi connectivity index (χ3n) is 4.54. The molecule has 1 aliphatic rings. The molecule has 0 aliphatic carbocycles. The standard InChI is InChI=1S/C21H23N3O4S/c1-27-16-7-3-14(4-8-16)11-12-24-19(25)13-18(20(22)26)29-21(24)23-15-5-9-17(28-2)10-6-15/h3-10,18H,11-13H2,1-2H3,(H2,22,26). The Morgan fingerprint density at radius 1 is 1.10 bits per heavy atom. The van der Waals surface area contributed by atoms with E-state index in [4.69, 9.17) is 15.2 Å². The van der Waals surface area contributed by atoms with Crippen LogP contribution in [0.3, 0.4) is 0 Å². The van der Waals surface area contributed by atoms with Crippen molar-refractivity contribution < 1.29 is 19.1 Å². The molecule has 0 spiro atoms. The third kappa shape index (κ3) is 5.29. The number of aliphatic imine (C=N–C) groups is 1. The predicted molar refractivity (Wildman–Crippen MR) is 114 cm³/mol. The average Bonchev–Trinajstić information content (AvgIpc) is 2.74. The van der Waals surface area contributed by atoms with Crippen molar-refractivity contribution in [3.05, 3.63) is 54.1 Å². The number of nitrogens with two attached hydrogens (primary N) is 1. The number of benzene rings is 2. The van der Waals surface area contributed by atoms with E-state index in [1.807, 2.05) is 24.3 Å². The van der Waals surface area contributed by atoms with Gasteiger partial charge in [-0.1, -0.05) is 23.9 Å². The van der Waals surface area contributed by atoms with Crippen LogP contribution in [0.25, 0.3) is 0 Å². The monoisotopic (exact) mass is 413 g/mol. The van der Waals surface area contributed by atoms with E-state index in [2.05, 4.69) is 4.99 Å². The van der Waals surface area contributed by atoms with Crippen LogP contribution in [0.4, 0.5) is 5.69 Å². The minimum absolute atomic E-state index is 0.0737. The molecule has 1 unspecified atom stereocenters. The van der Waals surface area contributed by atoms with Crippen LogP contribution in [0.2, 0.25) is 0 Å². The number of thioether (sulfide) groups is 1. The zero-order valence-corrected chi connectivity index (χ0v) is 17.1. The van der Waals surface area contributed by atoms with Crippen molar-refractivity contribution in [2.75, 3.05) is 20.8 Å². The van der Waals surface area contributed by atoms with Gasteiger partial charge in [0.05, 0.1) is 25.2 Å². The first-order valence-electron chi connectivity index (χ1n) is 9.12. The van der Waals surface area contributed by atoms with Crippen molar-refractivity contribution in [2.24, 2.45) is 10.7 Å². The number of carbonyl (C=O) groups is 2. The highest BCUT2D eigenvalue weighted by Crippen LogP contribution is 2.29. The van der Waals surface area contributed by atoms with Crippen molar-refractivity contribution in [1.29, 1.82) is 0 Å². The van der Waals surface area contributed by atoms with E-state index >= 15 is 0 Å². The summed E-state index contributed by atoms with van der Waals surface area (Å²) >= 11 is 1.23. The minimum atomic E-state index is -0.614. The van der Waals surface area contributed by atoms with Crippen LogP contribution in [0.15, 0.2) is 53.5 Å². The Balaban J connectivity index is 1.81. The summed E-state index contributed by atoms with van der Waals surface area (Å²) in [5, 5.41) is -0.138. The fourth-order valence-corrected chi connectivity index (χ4v) is 3.95. The van der Waals surface area contributed by atoms with Crippen molar-refractivity contribution in [3.8, 4) is 11.5 Å². The first kappa shape index (κ1) is 20.7. The van der Waals surface area contributed by atoms with Crippen molar-refractivity contribution in [3.63, 3.8) is 0 Å². The highest BCUT2D eigenvalue weighted by atomic mass is 32.2. The number of carbonyl (C=O) groups excluding carboxylic acids is 2. The number of methoxy groups -OCH3 is 2. The fourth-order valence-electron chi connectivity index (χ4n) is 2.87. The maximum absolute atomic E-state index is 12.7. The van der Waals surface area contributed by atoms with Gasteiger partial charge in [0.1, 0.15) is 11.5 Å².